The van der Waals surface area contributed by atoms with Gasteiger partial charge in [0, 0.05) is 42.3 Å². The molecule has 3 nitrogen and oxygen atoms in total. The fraction of sp³-hybridized carbons (Fsp3) is 0.571. The Balaban J connectivity index is 2.22. The summed E-state index contributed by atoms with van der Waals surface area (Å²) in [4.78, 5) is 4.61. The Kier molecular flexibility index (Phi) is 4.95. The first-order valence-corrected chi connectivity index (χ1v) is 7.41. The van der Waals surface area contributed by atoms with Gasteiger partial charge in [-0.3, -0.25) is 4.90 Å². The number of benzene rings is 1. The van der Waals surface area contributed by atoms with Crippen LogP contribution in [-0.4, -0.2) is 49.1 Å². The summed E-state index contributed by atoms with van der Waals surface area (Å²) >= 11 is 3.41. The molecule has 0 spiro atoms. The Morgan fingerprint density at radius 2 is 2.21 bits per heavy atom. The number of piperazine rings is 1. The van der Waals surface area contributed by atoms with Gasteiger partial charge >= 0.3 is 0 Å². The lowest BCUT2D eigenvalue weighted by molar-refractivity contribution is 0.0729. The Morgan fingerprint density at radius 3 is 2.84 bits per heavy atom. The molecule has 1 aliphatic rings. The van der Waals surface area contributed by atoms with E-state index in [0.717, 1.165) is 24.1 Å². The van der Waals surface area contributed by atoms with Gasteiger partial charge in [0.25, 0.3) is 0 Å². The fourth-order valence-electron chi connectivity index (χ4n) is 2.60. The van der Waals surface area contributed by atoms with Gasteiger partial charge in [-0.1, -0.05) is 15.9 Å². The Hall–Kier alpha value is -0.490. The molecule has 1 saturated heterocycles. The van der Waals surface area contributed by atoms with Crippen LogP contribution in [0, 0.1) is 5.82 Å². The maximum absolute atomic E-state index is 14.0. The number of nitrogens with zero attached hydrogens (tertiary/aromatic N) is 2. The number of hydrogen-bond donors (Lipinski definition) is 1. The van der Waals surface area contributed by atoms with Crippen LogP contribution in [0.1, 0.15) is 18.5 Å². The van der Waals surface area contributed by atoms with E-state index in [4.69, 9.17) is 5.73 Å². The third-order valence-corrected chi connectivity index (χ3v) is 4.47. The number of rotatable bonds is 3. The van der Waals surface area contributed by atoms with Crippen LogP contribution in [0.2, 0.25) is 0 Å². The zero-order valence-corrected chi connectivity index (χ0v) is 13.0. The molecule has 1 heterocycles. The number of hydrogen-bond acceptors (Lipinski definition) is 3. The van der Waals surface area contributed by atoms with E-state index in [-0.39, 0.29) is 11.9 Å². The lowest BCUT2D eigenvalue weighted by Crippen LogP contribution is -2.52. The second kappa shape index (κ2) is 6.31. The Bertz CT molecular complexity index is 441. The van der Waals surface area contributed by atoms with Crippen molar-refractivity contribution >= 4 is 15.9 Å². The van der Waals surface area contributed by atoms with Crippen LogP contribution in [0.15, 0.2) is 22.7 Å². The van der Waals surface area contributed by atoms with E-state index < -0.39 is 0 Å². The molecule has 19 heavy (non-hydrogen) atoms. The van der Waals surface area contributed by atoms with Gasteiger partial charge in [0.15, 0.2) is 0 Å². The minimum absolute atomic E-state index is 0.0475. The third kappa shape index (κ3) is 3.34. The van der Waals surface area contributed by atoms with Gasteiger partial charge in [0.05, 0.1) is 6.04 Å². The monoisotopic (exact) mass is 329 g/mol. The molecular formula is C14H21BrFN3. The standard InChI is InChI=1S/C14H21BrFN3/c1-10-9-19(6-5-18(10)2)14(8-17)12-7-11(15)3-4-13(12)16/h3-4,7,10,14H,5-6,8-9,17H2,1-2H3. The molecule has 5 heteroatoms. The zero-order valence-electron chi connectivity index (χ0n) is 11.4. The van der Waals surface area contributed by atoms with Crippen LogP contribution >= 0.6 is 15.9 Å². The Labute approximate surface area is 122 Å². The number of halogens is 2. The van der Waals surface area contributed by atoms with Crippen LogP contribution in [0.25, 0.3) is 0 Å². The van der Waals surface area contributed by atoms with E-state index in [1.165, 1.54) is 6.07 Å². The van der Waals surface area contributed by atoms with Crippen LogP contribution in [-0.2, 0) is 0 Å². The predicted octanol–water partition coefficient (Wildman–Crippen LogP) is 2.22. The molecule has 0 saturated carbocycles. The first kappa shape index (κ1) is 14.9. The molecule has 2 rings (SSSR count). The topological polar surface area (TPSA) is 32.5 Å². The smallest absolute Gasteiger partial charge is 0.128 e. The minimum Gasteiger partial charge on any atom is -0.329 e. The summed E-state index contributed by atoms with van der Waals surface area (Å²) in [5.74, 6) is -0.176. The second-order valence-corrected chi connectivity index (χ2v) is 6.16. The molecule has 1 aromatic rings. The van der Waals surface area contributed by atoms with Crippen molar-refractivity contribution in [2.24, 2.45) is 5.73 Å². The summed E-state index contributed by atoms with van der Waals surface area (Å²) in [6.07, 6.45) is 0. The van der Waals surface area contributed by atoms with E-state index in [2.05, 4.69) is 39.7 Å². The molecule has 1 aliphatic heterocycles. The molecule has 1 fully saturated rings. The first-order valence-electron chi connectivity index (χ1n) is 6.62. The molecule has 0 bridgehead atoms. The van der Waals surface area contributed by atoms with Crippen molar-refractivity contribution < 1.29 is 4.39 Å². The first-order chi connectivity index (χ1) is 9.02. The van der Waals surface area contributed by atoms with Crippen molar-refractivity contribution in [1.82, 2.24) is 9.80 Å². The van der Waals surface area contributed by atoms with Crippen molar-refractivity contribution in [2.75, 3.05) is 33.2 Å². The molecule has 0 radical (unpaired) electrons. The van der Waals surface area contributed by atoms with Crippen LogP contribution in [0.3, 0.4) is 0 Å². The van der Waals surface area contributed by atoms with Gasteiger partial charge in [-0.15, -0.1) is 0 Å². The molecule has 2 N–H and O–H groups in total. The fourth-order valence-corrected chi connectivity index (χ4v) is 2.98. The Morgan fingerprint density at radius 1 is 1.47 bits per heavy atom. The van der Waals surface area contributed by atoms with Gasteiger partial charge in [-0.2, -0.15) is 0 Å². The van der Waals surface area contributed by atoms with Crippen LogP contribution < -0.4 is 5.73 Å². The lowest BCUT2D eigenvalue weighted by atomic mass is 10.0. The molecule has 1 aromatic carbocycles. The van der Waals surface area contributed by atoms with E-state index >= 15 is 0 Å². The van der Waals surface area contributed by atoms with Crippen molar-refractivity contribution in [1.29, 1.82) is 0 Å². The largest absolute Gasteiger partial charge is 0.329 e. The highest BCUT2D eigenvalue weighted by atomic mass is 79.9. The highest BCUT2D eigenvalue weighted by Crippen LogP contribution is 2.27. The van der Waals surface area contributed by atoms with Gasteiger partial charge in [0.2, 0.25) is 0 Å². The highest BCUT2D eigenvalue weighted by Gasteiger charge is 2.28. The zero-order chi connectivity index (χ0) is 14.0. The SMILES string of the molecule is CC1CN(C(CN)c2cc(Br)ccc2F)CCN1C. The number of likely N-dealkylation sites (N-methyl/N-ethyl adjacent to an activating group) is 1. The molecule has 0 amide bonds. The van der Waals surface area contributed by atoms with E-state index in [1.807, 2.05) is 6.07 Å². The van der Waals surface area contributed by atoms with Crippen LogP contribution in [0.5, 0.6) is 0 Å². The van der Waals surface area contributed by atoms with Crippen molar-refractivity contribution in [3.05, 3.63) is 34.1 Å². The summed E-state index contributed by atoms with van der Waals surface area (Å²) in [5.41, 5.74) is 6.59. The quantitative estimate of drug-likeness (QED) is 0.922. The summed E-state index contributed by atoms with van der Waals surface area (Å²) in [5, 5.41) is 0. The molecule has 2 atom stereocenters. The van der Waals surface area contributed by atoms with Gasteiger partial charge in [-0.25, -0.2) is 4.39 Å². The molecule has 2 unspecified atom stereocenters. The van der Waals surface area contributed by atoms with Crippen molar-refractivity contribution in [2.45, 2.75) is 19.0 Å². The molecule has 106 valence electrons. The summed E-state index contributed by atoms with van der Waals surface area (Å²) in [7, 11) is 2.12. The maximum Gasteiger partial charge on any atom is 0.128 e. The summed E-state index contributed by atoms with van der Waals surface area (Å²) in [6, 6.07) is 5.49. The van der Waals surface area contributed by atoms with Gasteiger partial charge in [0.1, 0.15) is 5.82 Å². The summed E-state index contributed by atoms with van der Waals surface area (Å²) < 4.78 is 14.9. The van der Waals surface area contributed by atoms with Crippen molar-refractivity contribution in [3.63, 3.8) is 0 Å². The third-order valence-electron chi connectivity index (χ3n) is 3.97. The van der Waals surface area contributed by atoms with Crippen LogP contribution in [0.4, 0.5) is 4.39 Å². The average Bonchev–Trinajstić information content (AvgIpc) is 2.38. The van der Waals surface area contributed by atoms with Crippen molar-refractivity contribution in [3.8, 4) is 0 Å². The van der Waals surface area contributed by atoms with E-state index in [0.29, 0.717) is 18.2 Å². The summed E-state index contributed by atoms with van der Waals surface area (Å²) in [6.45, 7) is 5.47. The van der Waals surface area contributed by atoms with Gasteiger partial charge in [-0.05, 0) is 32.2 Å². The van der Waals surface area contributed by atoms with E-state index in [9.17, 15) is 4.39 Å². The lowest BCUT2D eigenvalue weighted by Gasteiger charge is -2.41. The average molecular weight is 330 g/mol. The number of nitrogens with two attached hydrogens (primary N) is 1. The predicted molar refractivity (Wildman–Crippen MR) is 79.6 cm³/mol. The molecule has 0 aromatic heterocycles. The normalized spacial score (nSPS) is 23.5. The van der Waals surface area contributed by atoms with E-state index in [1.54, 1.807) is 6.07 Å². The molecular weight excluding hydrogens is 309 g/mol. The molecule has 0 aliphatic carbocycles. The second-order valence-electron chi connectivity index (χ2n) is 5.24. The minimum atomic E-state index is -0.176. The maximum atomic E-state index is 14.0. The van der Waals surface area contributed by atoms with Gasteiger partial charge < -0.3 is 10.6 Å². The highest BCUT2D eigenvalue weighted by molar-refractivity contribution is 9.10.